The third-order valence-corrected chi connectivity index (χ3v) is 4.47. The Balaban J connectivity index is 2.36. The molecule has 1 unspecified atom stereocenters. The number of nitrogens with one attached hydrogen (secondary N) is 1. The molecule has 0 fully saturated rings. The van der Waals surface area contributed by atoms with Gasteiger partial charge in [0, 0.05) is 22.9 Å². The minimum Gasteiger partial charge on any atom is -0.467 e. The van der Waals surface area contributed by atoms with Crippen LogP contribution in [0.3, 0.4) is 0 Å². The van der Waals surface area contributed by atoms with E-state index in [-0.39, 0.29) is 6.42 Å². The van der Waals surface area contributed by atoms with Gasteiger partial charge >= 0.3 is 18.2 Å². The molecule has 0 spiro atoms. The van der Waals surface area contributed by atoms with E-state index in [0.29, 0.717) is 16.5 Å². The number of amides is 1. The molecule has 33 heavy (non-hydrogen) atoms. The van der Waals surface area contributed by atoms with E-state index in [4.69, 9.17) is 14.2 Å². The minimum atomic E-state index is -1.33. The molecule has 0 aliphatic rings. The van der Waals surface area contributed by atoms with Crippen molar-refractivity contribution in [2.45, 2.75) is 58.3 Å². The number of nitro groups is 1. The van der Waals surface area contributed by atoms with E-state index in [2.05, 4.69) is 5.32 Å². The van der Waals surface area contributed by atoms with Crippen LogP contribution in [-0.4, -0.2) is 58.5 Å². The van der Waals surface area contributed by atoms with Crippen LogP contribution in [0, 0.1) is 10.1 Å². The second kappa shape index (κ2) is 9.88. The van der Waals surface area contributed by atoms with E-state index < -0.39 is 46.9 Å². The summed E-state index contributed by atoms with van der Waals surface area (Å²) in [7, 11) is 1.20. The number of methoxy groups -OCH3 is 1. The van der Waals surface area contributed by atoms with Gasteiger partial charge in [-0.15, -0.1) is 0 Å². The monoisotopic (exact) mass is 463 g/mol. The molecule has 1 amide bonds. The number of rotatable bonds is 7. The molecule has 11 heteroatoms. The zero-order valence-corrected chi connectivity index (χ0v) is 19.5. The molecule has 180 valence electrons. The first kappa shape index (κ1) is 25.6. The number of fused-ring (bicyclic) bond motifs is 1. The summed E-state index contributed by atoms with van der Waals surface area (Å²) in [6.45, 7) is 7.41. The van der Waals surface area contributed by atoms with Crippen molar-refractivity contribution in [1.29, 1.82) is 0 Å². The molecular formula is C22H29N3O8. The van der Waals surface area contributed by atoms with Crippen LogP contribution in [0.15, 0.2) is 30.5 Å². The molecule has 0 saturated carbocycles. The van der Waals surface area contributed by atoms with Crippen LogP contribution in [0.5, 0.6) is 0 Å². The predicted octanol–water partition coefficient (Wildman–Crippen LogP) is 3.29. The SMILES string of the molecule is COC(=O)C(Cc1cn(C(=O)OC(C)(C)C[N+](=O)[O-])c2ccccc12)NC(=O)OC(C)(C)C. The van der Waals surface area contributed by atoms with Gasteiger partial charge < -0.3 is 19.5 Å². The zero-order valence-electron chi connectivity index (χ0n) is 19.5. The van der Waals surface area contributed by atoms with Gasteiger partial charge in [-0.3, -0.25) is 14.7 Å². The topological polar surface area (TPSA) is 139 Å². The van der Waals surface area contributed by atoms with E-state index in [1.54, 1.807) is 45.0 Å². The van der Waals surface area contributed by atoms with Gasteiger partial charge in [0.2, 0.25) is 6.54 Å². The number of carbonyl (C=O) groups is 3. The summed E-state index contributed by atoms with van der Waals surface area (Å²) in [4.78, 5) is 47.7. The summed E-state index contributed by atoms with van der Waals surface area (Å²) in [5.74, 6) is -0.688. The maximum Gasteiger partial charge on any atom is 0.419 e. The second-order valence-electron chi connectivity index (χ2n) is 9.09. The van der Waals surface area contributed by atoms with Gasteiger partial charge in [0.05, 0.1) is 12.6 Å². The lowest BCUT2D eigenvalue weighted by molar-refractivity contribution is -0.497. The number of hydrogen-bond acceptors (Lipinski definition) is 8. The van der Waals surface area contributed by atoms with Crippen molar-refractivity contribution >= 4 is 29.1 Å². The molecule has 0 aliphatic heterocycles. The highest BCUT2D eigenvalue weighted by atomic mass is 16.6. The van der Waals surface area contributed by atoms with Crippen LogP contribution >= 0.6 is 0 Å². The first-order valence-corrected chi connectivity index (χ1v) is 10.2. The number of alkyl carbamates (subject to hydrolysis) is 1. The molecule has 0 aliphatic carbocycles. The zero-order chi connectivity index (χ0) is 25.0. The summed E-state index contributed by atoms with van der Waals surface area (Å²) < 4.78 is 16.6. The first-order chi connectivity index (χ1) is 15.2. The predicted molar refractivity (Wildman–Crippen MR) is 119 cm³/mol. The Morgan fingerprint density at radius 3 is 2.33 bits per heavy atom. The average molecular weight is 463 g/mol. The highest BCUT2D eigenvalue weighted by Crippen LogP contribution is 2.24. The number of ether oxygens (including phenoxy) is 3. The molecule has 1 N–H and O–H groups in total. The maximum absolute atomic E-state index is 12.8. The van der Waals surface area contributed by atoms with Gasteiger partial charge in [0.1, 0.15) is 11.6 Å². The second-order valence-corrected chi connectivity index (χ2v) is 9.09. The third-order valence-electron chi connectivity index (χ3n) is 4.47. The highest BCUT2D eigenvalue weighted by Gasteiger charge is 2.31. The third kappa shape index (κ3) is 7.19. The van der Waals surface area contributed by atoms with Crippen LogP contribution in [0.25, 0.3) is 10.9 Å². The molecule has 1 heterocycles. The number of esters is 1. The molecule has 0 radical (unpaired) electrons. The smallest absolute Gasteiger partial charge is 0.419 e. The first-order valence-electron chi connectivity index (χ1n) is 10.2. The number of hydrogen-bond donors (Lipinski definition) is 1. The maximum atomic E-state index is 12.8. The van der Waals surface area contributed by atoms with Gasteiger partial charge in [-0.25, -0.2) is 14.4 Å². The Kier molecular flexibility index (Phi) is 7.68. The van der Waals surface area contributed by atoms with E-state index in [0.717, 1.165) is 0 Å². The number of nitrogens with zero attached hydrogens (tertiary/aromatic N) is 2. The van der Waals surface area contributed by atoms with E-state index in [1.165, 1.54) is 31.7 Å². The molecule has 1 aromatic heterocycles. The Labute approximate surface area is 191 Å². The standard InChI is InChI=1S/C22H29N3O8/c1-21(2,3)32-19(27)23-16(18(26)31-6)11-14-12-24(17-10-8-7-9-15(14)17)20(28)33-22(4,5)13-25(29)30/h7-10,12,16H,11,13H2,1-6H3,(H,23,27). The van der Waals surface area contributed by atoms with Crippen LogP contribution < -0.4 is 5.32 Å². The van der Waals surface area contributed by atoms with Gasteiger partial charge in [-0.1, -0.05) is 18.2 Å². The molecule has 2 aromatic rings. The Bertz CT molecular complexity index is 1050. The van der Waals surface area contributed by atoms with Crippen molar-refractivity contribution in [1.82, 2.24) is 9.88 Å². The average Bonchev–Trinajstić information content (AvgIpc) is 3.02. The van der Waals surface area contributed by atoms with Crippen molar-refractivity contribution in [2.24, 2.45) is 0 Å². The van der Waals surface area contributed by atoms with Crippen molar-refractivity contribution in [2.75, 3.05) is 13.7 Å². The van der Waals surface area contributed by atoms with Gasteiger partial charge in [-0.05, 0) is 46.2 Å². The largest absolute Gasteiger partial charge is 0.467 e. The van der Waals surface area contributed by atoms with Crippen molar-refractivity contribution < 1.29 is 33.5 Å². The molecule has 2 rings (SSSR count). The molecule has 1 aromatic carbocycles. The summed E-state index contributed by atoms with van der Waals surface area (Å²) in [5.41, 5.74) is -1.06. The fourth-order valence-corrected chi connectivity index (χ4v) is 3.20. The molecule has 0 saturated heterocycles. The lowest BCUT2D eigenvalue weighted by atomic mass is 10.1. The number of aromatic nitrogens is 1. The Morgan fingerprint density at radius 1 is 1.12 bits per heavy atom. The van der Waals surface area contributed by atoms with E-state index >= 15 is 0 Å². The lowest BCUT2D eigenvalue weighted by Gasteiger charge is -2.22. The van der Waals surface area contributed by atoms with Gasteiger partial charge in [0.25, 0.3) is 0 Å². The quantitative estimate of drug-likeness (QED) is 0.286. The van der Waals surface area contributed by atoms with Crippen LogP contribution in [-0.2, 0) is 25.4 Å². The fraction of sp³-hybridized carbons (Fsp3) is 0.500. The summed E-state index contributed by atoms with van der Waals surface area (Å²) in [6.07, 6.45) is -0.117. The summed E-state index contributed by atoms with van der Waals surface area (Å²) in [6, 6.07) is 5.82. The van der Waals surface area contributed by atoms with Crippen molar-refractivity contribution in [3.05, 3.63) is 46.1 Å². The van der Waals surface area contributed by atoms with Crippen molar-refractivity contribution in [3.8, 4) is 0 Å². The summed E-state index contributed by atoms with van der Waals surface area (Å²) >= 11 is 0. The lowest BCUT2D eigenvalue weighted by Crippen LogP contribution is -2.45. The van der Waals surface area contributed by atoms with E-state index in [1.807, 2.05) is 0 Å². The molecule has 1 atom stereocenters. The number of para-hydroxylation sites is 1. The molecule has 11 nitrogen and oxygen atoms in total. The van der Waals surface area contributed by atoms with E-state index in [9.17, 15) is 24.5 Å². The molecular weight excluding hydrogens is 434 g/mol. The van der Waals surface area contributed by atoms with Gasteiger partial charge in [-0.2, -0.15) is 0 Å². The van der Waals surface area contributed by atoms with Crippen LogP contribution in [0.1, 0.15) is 40.2 Å². The van der Waals surface area contributed by atoms with Gasteiger partial charge in [0.15, 0.2) is 5.60 Å². The Morgan fingerprint density at radius 2 is 1.76 bits per heavy atom. The van der Waals surface area contributed by atoms with Crippen LogP contribution in [0.4, 0.5) is 9.59 Å². The summed E-state index contributed by atoms with van der Waals surface area (Å²) in [5, 5.41) is 14.0. The Hall–Kier alpha value is -3.63. The molecule has 0 bridgehead atoms. The minimum absolute atomic E-state index is 0.00496. The fourth-order valence-electron chi connectivity index (χ4n) is 3.20. The van der Waals surface area contributed by atoms with Crippen LogP contribution in [0.2, 0.25) is 0 Å². The normalized spacial score (nSPS) is 12.7. The van der Waals surface area contributed by atoms with Crippen molar-refractivity contribution in [3.63, 3.8) is 0 Å². The number of benzene rings is 1. The highest BCUT2D eigenvalue weighted by molar-refractivity contribution is 5.93. The number of carbonyl (C=O) groups excluding carboxylic acids is 3.